The van der Waals surface area contributed by atoms with Crippen molar-refractivity contribution < 1.29 is 4.74 Å². The van der Waals surface area contributed by atoms with Crippen LogP contribution in [-0.4, -0.2) is 5.84 Å². The Balaban J connectivity index is 2.51. The SMILES string of the molecule is Cc1ccc(C)c(Oc2ccc(Br)cc2C(=N)N)c1C. The van der Waals surface area contributed by atoms with E-state index in [2.05, 4.69) is 28.9 Å². The molecule has 0 aromatic heterocycles. The Bertz CT molecular complexity index is 680. The van der Waals surface area contributed by atoms with E-state index in [1.807, 2.05) is 32.0 Å². The summed E-state index contributed by atoms with van der Waals surface area (Å²) in [6.07, 6.45) is 0. The van der Waals surface area contributed by atoms with Crippen molar-refractivity contribution >= 4 is 21.8 Å². The first-order chi connectivity index (χ1) is 9.40. The van der Waals surface area contributed by atoms with Crippen LogP contribution in [0, 0.1) is 26.2 Å². The first kappa shape index (κ1) is 14.6. The summed E-state index contributed by atoms with van der Waals surface area (Å²) in [5, 5.41) is 7.67. The van der Waals surface area contributed by atoms with Gasteiger partial charge in [0.2, 0.25) is 0 Å². The zero-order chi connectivity index (χ0) is 14.9. The molecule has 0 spiro atoms. The van der Waals surface area contributed by atoms with Crippen LogP contribution in [0.1, 0.15) is 22.3 Å². The molecular weight excluding hydrogens is 316 g/mol. The van der Waals surface area contributed by atoms with Gasteiger partial charge < -0.3 is 10.5 Å². The van der Waals surface area contributed by atoms with E-state index < -0.39 is 0 Å². The van der Waals surface area contributed by atoms with E-state index in [1.54, 1.807) is 6.07 Å². The maximum Gasteiger partial charge on any atom is 0.138 e. The number of hydrogen-bond acceptors (Lipinski definition) is 2. The molecule has 3 N–H and O–H groups in total. The van der Waals surface area contributed by atoms with Gasteiger partial charge in [-0.1, -0.05) is 28.1 Å². The van der Waals surface area contributed by atoms with Crippen molar-refractivity contribution in [3.05, 3.63) is 57.1 Å². The Morgan fingerprint density at radius 3 is 2.40 bits per heavy atom. The molecule has 0 aliphatic carbocycles. The second-order valence-corrected chi connectivity index (χ2v) is 5.73. The van der Waals surface area contributed by atoms with Crippen molar-refractivity contribution in [3.63, 3.8) is 0 Å². The van der Waals surface area contributed by atoms with Gasteiger partial charge in [0.25, 0.3) is 0 Å². The number of hydrogen-bond donors (Lipinski definition) is 2. The molecule has 4 heteroatoms. The lowest BCUT2D eigenvalue weighted by atomic mass is 10.1. The molecule has 0 radical (unpaired) electrons. The van der Waals surface area contributed by atoms with Gasteiger partial charge in [-0.05, 0) is 55.7 Å². The topological polar surface area (TPSA) is 59.1 Å². The van der Waals surface area contributed by atoms with E-state index in [9.17, 15) is 0 Å². The standard InChI is InChI=1S/C16H17BrN2O/c1-9-4-5-10(2)15(11(9)3)20-14-7-6-12(17)8-13(14)16(18)19/h4-8H,1-3H3,(H3,18,19). The van der Waals surface area contributed by atoms with Crippen molar-refractivity contribution in [1.29, 1.82) is 5.41 Å². The third-order valence-corrected chi connectivity index (χ3v) is 3.81. The molecule has 0 saturated heterocycles. The summed E-state index contributed by atoms with van der Waals surface area (Å²) in [6.45, 7) is 6.09. The molecule has 2 aromatic rings. The lowest BCUT2D eigenvalue weighted by Crippen LogP contribution is -2.12. The molecule has 0 fully saturated rings. The van der Waals surface area contributed by atoms with Gasteiger partial charge in [0.1, 0.15) is 17.3 Å². The van der Waals surface area contributed by atoms with Crippen LogP contribution in [0.25, 0.3) is 0 Å². The zero-order valence-corrected chi connectivity index (χ0v) is 13.3. The van der Waals surface area contributed by atoms with Crippen molar-refractivity contribution in [2.24, 2.45) is 5.73 Å². The van der Waals surface area contributed by atoms with E-state index in [0.29, 0.717) is 11.3 Å². The predicted octanol–water partition coefficient (Wildman–Crippen LogP) is 4.45. The number of ether oxygens (including phenoxy) is 1. The average molecular weight is 333 g/mol. The number of rotatable bonds is 3. The number of halogens is 1. The van der Waals surface area contributed by atoms with Gasteiger partial charge in [-0.2, -0.15) is 0 Å². The maximum atomic E-state index is 7.67. The minimum Gasteiger partial charge on any atom is -0.456 e. The van der Waals surface area contributed by atoms with Crippen LogP contribution in [0.15, 0.2) is 34.8 Å². The highest BCUT2D eigenvalue weighted by Crippen LogP contribution is 2.33. The molecule has 2 aromatic carbocycles. The van der Waals surface area contributed by atoms with Gasteiger partial charge in [0.05, 0.1) is 5.56 Å². The molecule has 0 atom stereocenters. The van der Waals surface area contributed by atoms with Crippen LogP contribution in [0.4, 0.5) is 0 Å². The molecule has 20 heavy (non-hydrogen) atoms. The lowest BCUT2D eigenvalue weighted by Gasteiger charge is -2.16. The van der Waals surface area contributed by atoms with E-state index in [-0.39, 0.29) is 5.84 Å². The molecule has 0 aliphatic rings. The second kappa shape index (κ2) is 5.67. The van der Waals surface area contributed by atoms with Crippen molar-refractivity contribution in [2.45, 2.75) is 20.8 Å². The maximum absolute atomic E-state index is 7.67. The van der Waals surface area contributed by atoms with Gasteiger partial charge in [0.15, 0.2) is 0 Å². The molecule has 3 nitrogen and oxygen atoms in total. The Morgan fingerprint density at radius 1 is 1.10 bits per heavy atom. The minimum absolute atomic E-state index is 0.00995. The first-order valence-corrected chi connectivity index (χ1v) is 7.08. The molecular formula is C16H17BrN2O. The number of benzene rings is 2. The zero-order valence-electron chi connectivity index (χ0n) is 11.8. The molecule has 0 heterocycles. The molecule has 0 aliphatic heterocycles. The summed E-state index contributed by atoms with van der Waals surface area (Å²) in [5.41, 5.74) is 9.54. The van der Waals surface area contributed by atoms with Crippen LogP contribution in [0.3, 0.4) is 0 Å². The first-order valence-electron chi connectivity index (χ1n) is 6.28. The fourth-order valence-electron chi connectivity index (χ4n) is 1.99. The van der Waals surface area contributed by atoms with Crippen LogP contribution in [-0.2, 0) is 0 Å². The smallest absolute Gasteiger partial charge is 0.138 e. The third-order valence-electron chi connectivity index (χ3n) is 3.32. The molecule has 0 bridgehead atoms. The summed E-state index contributed by atoms with van der Waals surface area (Å²) in [4.78, 5) is 0. The van der Waals surface area contributed by atoms with Gasteiger partial charge in [-0.15, -0.1) is 0 Å². The van der Waals surface area contributed by atoms with E-state index in [0.717, 1.165) is 21.3 Å². The largest absolute Gasteiger partial charge is 0.456 e. The van der Waals surface area contributed by atoms with E-state index >= 15 is 0 Å². The molecule has 2 rings (SSSR count). The van der Waals surface area contributed by atoms with Crippen molar-refractivity contribution in [1.82, 2.24) is 0 Å². The highest BCUT2D eigenvalue weighted by atomic mass is 79.9. The van der Waals surface area contributed by atoms with Gasteiger partial charge >= 0.3 is 0 Å². The van der Waals surface area contributed by atoms with Crippen molar-refractivity contribution in [2.75, 3.05) is 0 Å². The highest BCUT2D eigenvalue weighted by Gasteiger charge is 2.12. The number of amidine groups is 1. The number of nitrogens with one attached hydrogen (secondary N) is 1. The van der Waals surface area contributed by atoms with E-state index in [1.165, 1.54) is 5.56 Å². The summed E-state index contributed by atoms with van der Waals surface area (Å²) >= 11 is 3.38. The number of nitrogen functional groups attached to an aromatic ring is 1. The predicted molar refractivity (Wildman–Crippen MR) is 85.9 cm³/mol. The summed E-state index contributed by atoms with van der Waals surface area (Å²) in [5.74, 6) is 1.41. The molecule has 0 amide bonds. The molecule has 0 saturated carbocycles. The second-order valence-electron chi connectivity index (χ2n) is 4.81. The fourth-order valence-corrected chi connectivity index (χ4v) is 2.36. The number of aryl methyl sites for hydroxylation is 2. The average Bonchev–Trinajstić information content (AvgIpc) is 2.40. The highest BCUT2D eigenvalue weighted by molar-refractivity contribution is 9.10. The lowest BCUT2D eigenvalue weighted by molar-refractivity contribution is 0.473. The van der Waals surface area contributed by atoms with Gasteiger partial charge in [-0.25, -0.2) is 0 Å². The van der Waals surface area contributed by atoms with Crippen LogP contribution < -0.4 is 10.5 Å². The van der Waals surface area contributed by atoms with Crippen LogP contribution >= 0.6 is 15.9 Å². The van der Waals surface area contributed by atoms with Crippen LogP contribution in [0.2, 0.25) is 0 Å². The quantitative estimate of drug-likeness (QED) is 0.644. The summed E-state index contributed by atoms with van der Waals surface area (Å²) in [7, 11) is 0. The summed E-state index contributed by atoms with van der Waals surface area (Å²) < 4.78 is 6.89. The van der Waals surface area contributed by atoms with Crippen LogP contribution in [0.5, 0.6) is 11.5 Å². The number of nitrogens with two attached hydrogens (primary N) is 1. The van der Waals surface area contributed by atoms with E-state index in [4.69, 9.17) is 15.9 Å². The summed E-state index contributed by atoms with van der Waals surface area (Å²) in [6, 6.07) is 9.59. The minimum atomic E-state index is -0.00995. The molecule has 104 valence electrons. The Labute approximate surface area is 127 Å². The Kier molecular flexibility index (Phi) is 4.14. The normalized spacial score (nSPS) is 10.4. The monoisotopic (exact) mass is 332 g/mol. The van der Waals surface area contributed by atoms with Gasteiger partial charge in [-0.3, -0.25) is 5.41 Å². The van der Waals surface area contributed by atoms with Gasteiger partial charge in [0, 0.05) is 4.47 Å². The fraction of sp³-hybridized carbons (Fsp3) is 0.188. The Morgan fingerprint density at radius 2 is 1.75 bits per heavy atom. The van der Waals surface area contributed by atoms with Crippen molar-refractivity contribution in [3.8, 4) is 11.5 Å². The third kappa shape index (κ3) is 2.85. The molecule has 0 unspecified atom stereocenters. The Hall–Kier alpha value is -1.81.